The van der Waals surface area contributed by atoms with Crippen molar-refractivity contribution in [3.8, 4) is 91.7 Å². The lowest BCUT2D eigenvalue weighted by Gasteiger charge is -2.32. The number of phenols is 3. The molecule has 0 aliphatic carbocycles. The quantitative estimate of drug-likeness (QED) is 0.00737. The van der Waals surface area contributed by atoms with Crippen LogP contribution in [0.15, 0.2) is 250 Å². The largest absolute Gasteiger partial charge is 0.507 e. The highest BCUT2D eigenvalue weighted by Gasteiger charge is 2.39. The summed E-state index contributed by atoms with van der Waals surface area (Å²) >= 11 is 22.7. The van der Waals surface area contributed by atoms with Gasteiger partial charge in [0.25, 0.3) is 0 Å². The molecule has 18 rings (SSSR count). The number of ether oxygens (including phenoxy) is 10. The van der Waals surface area contributed by atoms with Gasteiger partial charge in [-0.1, -0.05) is 102 Å². The molecule has 35 nitrogen and oxygen atoms in total. The first kappa shape index (κ1) is 112. The predicted octanol–water partition coefficient (Wildman–Crippen LogP) is 19.9. The topological polar surface area (TPSA) is 451 Å². The lowest BCUT2D eigenvalue weighted by atomic mass is 9.86. The summed E-state index contributed by atoms with van der Waals surface area (Å²) in [6.07, 6.45) is 17.4. The van der Waals surface area contributed by atoms with E-state index in [-0.39, 0.29) is 110 Å². The van der Waals surface area contributed by atoms with Gasteiger partial charge in [-0.15, -0.1) is 24.0 Å². The second-order valence-electron chi connectivity index (χ2n) is 34.1. The molecule has 15 aromatic rings. The van der Waals surface area contributed by atoms with Crippen molar-refractivity contribution < 1.29 is 102 Å². The van der Waals surface area contributed by atoms with E-state index in [0.29, 0.717) is 90.2 Å². The van der Waals surface area contributed by atoms with E-state index in [1.807, 2.05) is 101 Å². The van der Waals surface area contributed by atoms with Crippen molar-refractivity contribution in [3.63, 3.8) is 0 Å². The van der Waals surface area contributed by atoms with E-state index in [2.05, 4.69) is 91.8 Å². The second kappa shape index (κ2) is 52.5. The summed E-state index contributed by atoms with van der Waals surface area (Å²) in [4.78, 5) is 72.4. The van der Waals surface area contributed by atoms with Crippen LogP contribution in [0, 0.1) is 0 Å². The normalized spacial score (nSPS) is 12.8. The molecule has 3 aliphatic heterocycles. The number of cyclic esters (lactones) is 3. The van der Waals surface area contributed by atoms with Crippen molar-refractivity contribution in [2.45, 2.75) is 184 Å². The molecule has 0 spiro atoms. The minimum atomic E-state index is -1.43. The number of halogens is 5. The monoisotopic (exact) mass is 2080 g/mol. The molecular weight excluding hydrogens is 1970 g/mol. The minimum absolute atomic E-state index is 0. The average Bonchev–Trinajstić information content (AvgIpc) is 1.78. The van der Waals surface area contributed by atoms with Crippen molar-refractivity contribution in [2.75, 3.05) is 0 Å². The SMILES string of the molecule is CC(C)n1nccc1-c1ncccc1COc1cccc(O)c1C=O.CC(C)n1nccc1-c1ncccc1COc1cccc(O)c1CO.CC(C)n1nccc1-c1ncccc1COc1cccc2c1C(=O)OC(C)(C)O2.CC(C)n1nccc1B(O)O.CC1(C)OC(=O)c2c(O)cccc2O1.CC1(C)OC(=O)c2c(OCc3cccnc3Cl)cccc2O1.Cl.ClCc1cccnc1Cl.OCc1cccnc1Cl. The van der Waals surface area contributed by atoms with Crippen LogP contribution in [0.25, 0.3) is 34.2 Å². The van der Waals surface area contributed by atoms with Crippen molar-refractivity contribution in [3.05, 3.63) is 327 Å². The van der Waals surface area contributed by atoms with Gasteiger partial charge in [0.15, 0.2) is 6.29 Å². The summed E-state index contributed by atoms with van der Waals surface area (Å²) in [7, 11) is -1.43. The molecule has 760 valence electrons. The Morgan fingerprint density at radius 1 is 0.359 bits per heavy atom. The van der Waals surface area contributed by atoms with Gasteiger partial charge in [0.2, 0.25) is 17.4 Å². The fourth-order valence-corrected chi connectivity index (χ4v) is 15.0. The van der Waals surface area contributed by atoms with Crippen LogP contribution in [0.1, 0.15) is 201 Å². The van der Waals surface area contributed by atoms with Crippen molar-refractivity contribution in [2.24, 2.45) is 0 Å². The number of esters is 3. The van der Waals surface area contributed by atoms with Gasteiger partial charge in [-0.05, 0) is 177 Å². The summed E-state index contributed by atoms with van der Waals surface area (Å²) in [5.41, 5.74) is 11.7. The Morgan fingerprint density at radius 2 is 0.676 bits per heavy atom. The van der Waals surface area contributed by atoms with Crippen LogP contribution in [0.3, 0.4) is 0 Å². The fourth-order valence-electron chi connectivity index (χ4n) is 14.2. The van der Waals surface area contributed by atoms with Crippen LogP contribution in [-0.4, -0.2) is 153 Å². The van der Waals surface area contributed by atoms with Crippen molar-refractivity contribution in [1.82, 2.24) is 69.0 Å². The van der Waals surface area contributed by atoms with Crippen LogP contribution in [0.2, 0.25) is 15.5 Å². The summed E-state index contributed by atoms with van der Waals surface area (Å²) in [5, 5.41) is 83.0. The van der Waals surface area contributed by atoms with Gasteiger partial charge in [0.05, 0.1) is 70.0 Å². The summed E-state index contributed by atoms with van der Waals surface area (Å²) in [6.45, 7) is 26.8. The van der Waals surface area contributed by atoms with E-state index in [1.54, 1.807) is 205 Å². The smallest absolute Gasteiger partial charge is 0.507 e. The molecule has 0 bridgehead atoms. The van der Waals surface area contributed by atoms with Crippen molar-refractivity contribution >= 4 is 95.7 Å². The lowest BCUT2D eigenvalue weighted by Crippen LogP contribution is -2.39. The summed E-state index contributed by atoms with van der Waals surface area (Å²) < 4.78 is 63.0. The van der Waals surface area contributed by atoms with E-state index in [1.165, 1.54) is 18.2 Å². The highest BCUT2D eigenvalue weighted by atomic mass is 35.5. The highest BCUT2D eigenvalue weighted by Crippen LogP contribution is 2.42. The van der Waals surface area contributed by atoms with Gasteiger partial charge in [0, 0.05) is 161 Å². The third-order valence-electron chi connectivity index (χ3n) is 20.8. The molecule has 145 heavy (non-hydrogen) atoms. The number of nitrogens with zero attached hydrogens (tertiary/aromatic N) is 14. The number of carbonyl (C=O) groups excluding carboxylic acids is 4. The van der Waals surface area contributed by atoms with Gasteiger partial charge in [-0.2, -0.15) is 20.4 Å². The van der Waals surface area contributed by atoms with Crippen LogP contribution in [0.4, 0.5) is 0 Å². The number of aromatic hydroxyl groups is 3. The lowest BCUT2D eigenvalue weighted by molar-refractivity contribution is -0.128. The number of hydrogen-bond acceptors (Lipinski definition) is 31. The molecule has 10 aromatic heterocycles. The van der Waals surface area contributed by atoms with E-state index >= 15 is 0 Å². The van der Waals surface area contributed by atoms with Gasteiger partial charge >= 0.3 is 25.0 Å². The number of aliphatic hydroxyl groups is 2. The number of benzene rings is 5. The van der Waals surface area contributed by atoms with E-state index in [4.69, 9.17) is 109 Å². The number of hydrogen-bond donors (Lipinski definition) is 7. The third kappa shape index (κ3) is 30.2. The molecule has 41 heteroatoms. The second-order valence-corrected chi connectivity index (χ2v) is 35.4. The first-order chi connectivity index (χ1) is 68.8. The number of aliphatic hydroxyl groups excluding tert-OH is 2. The zero-order chi connectivity index (χ0) is 104. The van der Waals surface area contributed by atoms with E-state index in [0.717, 1.165) is 62.0 Å². The molecular formula is C104H110BCl5N14O21. The molecule has 7 N–H and O–H groups in total. The van der Waals surface area contributed by atoms with Gasteiger partial charge in [-0.25, -0.2) is 29.3 Å². The van der Waals surface area contributed by atoms with Crippen LogP contribution in [0.5, 0.6) is 57.5 Å². The zero-order valence-electron chi connectivity index (χ0n) is 81.6. The number of rotatable bonds is 24. The molecule has 0 atom stereocenters. The maximum atomic E-state index is 12.5. The third-order valence-corrected chi connectivity index (χ3v) is 22.1. The summed E-state index contributed by atoms with van der Waals surface area (Å²) in [6, 6.07) is 54.9. The van der Waals surface area contributed by atoms with Crippen LogP contribution in [-0.2, 0) is 59.7 Å². The Hall–Kier alpha value is -14.7. The van der Waals surface area contributed by atoms with Crippen LogP contribution < -0.4 is 38.8 Å². The number of alkyl halides is 1. The van der Waals surface area contributed by atoms with Gasteiger partial charge < -0.3 is 82.9 Å². The number of aromatic nitrogens is 14. The Balaban J connectivity index is 0.000000175. The molecule has 0 radical (unpaired) electrons. The molecule has 5 aromatic carbocycles. The predicted molar refractivity (Wildman–Crippen MR) is 547 cm³/mol. The number of phenolic OH excluding ortho intramolecular Hbond substituents is 2. The molecule has 0 amide bonds. The first-order valence-corrected chi connectivity index (χ1v) is 46.9. The number of fused-ring (bicyclic) bond motifs is 3. The Labute approximate surface area is 863 Å². The maximum Gasteiger partial charge on any atom is 0.507 e. The number of aldehydes is 1. The Bertz CT molecular complexity index is 6790. The molecule has 0 saturated heterocycles. The standard InChI is InChI=1S/C22H23N3O4.C19H21N3O3.C19H19N3O3.C16H14ClNO4.C10H10O4.C6H11BN2O2.C6H5Cl2N.C6H6ClNO.ClH/c1-14(2)25-16(10-12-24-25)20-15(7-6-11-23-20)13-27-17-8-5-9-18-19(17)21(26)29-22(3,4)28-18;2*1-13(2)22-16(8-10-21-22)19-14(5-4-9-20-19)12-25-18-7-3-6-17(24)15(18)11-23;1-16(2)21-12-7-3-6-11(13(12)15(19)22-16)20-9-10-5-4-8-18-14(10)17;1-10(2)13-7-5-3-4-6(11)8(7)9(12)14-10;1-5(2)9-6(7(10)11)3-4-8-9;7-4-5-2-1-3-9-6(5)8;7-6-5(4-9)2-1-3-8-6;/h5-12,14H,13H2,1-4H3;3-10,13,23-24H,11-12H2,1-2H3;3-11,13,24H,12H2,1-2H3;3-8H,9H2,1-2H3;3-5,11H,1-2H3;3-5,10-11H,1-2H3;1-3H,4H2;1-3,9H,4H2;1H. The fraction of sp³-hybridized carbons (Fsp3) is 0.269. The maximum absolute atomic E-state index is 12.5. The number of pyridine rings is 6. The minimum Gasteiger partial charge on any atom is -0.507 e. The van der Waals surface area contributed by atoms with Gasteiger partial charge in [-0.3, -0.25) is 38.5 Å². The molecule has 0 unspecified atom stereocenters. The average molecular weight is 2080 g/mol. The zero-order valence-corrected chi connectivity index (χ0v) is 85.5. The molecule has 3 aliphatic rings. The Kier molecular flexibility index (Phi) is 40.6. The first-order valence-electron chi connectivity index (χ1n) is 45.2. The molecule has 13 heterocycles. The summed E-state index contributed by atoms with van der Waals surface area (Å²) in [5.74, 6) is -1.41. The molecule has 0 fully saturated rings. The Morgan fingerprint density at radius 3 is 1.04 bits per heavy atom. The molecule has 0 saturated carbocycles. The highest BCUT2D eigenvalue weighted by molar-refractivity contribution is 6.57. The van der Waals surface area contributed by atoms with E-state index < -0.39 is 42.4 Å². The van der Waals surface area contributed by atoms with Crippen LogP contribution >= 0.6 is 58.8 Å². The number of carbonyl (C=O) groups is 4. The van der Waals surface area contributed by atoms with E-state index in [9.17, 15) is 39.6 Å². The van der Waals surface area contributed by atoms with Crippen molar-refractivity contribution in [1.29, 1.82) is 0 Å². The van der Waals surface area contributed by atoms with Gasteiger partial charge in [0.1, 0.15) is 116 Å².